The molecule has 0 saturated heterocycles. The van der Waals surface area contributed by atoms with Gasteiger partial charge in [0.15, 0.2) is 5.69 Å². The summed E-state index contributed by atoms with van der Waals surface area (Å²) in [7, 11) is 0. The summed E-state index contributed by atoms with van der Waals surface area (Å²) in [4.78, 5) is 13.9. The highest BCUT2D eigenvalue weighted by molar-refractivity contribution is 5.91. The molecule has 0 fully saturated rings. The summed E-state index contributed by atoms with van der Waals surface area (Å²) >= 11 is 0. The molecule has 0 saturated carbocycles. The molecule has 0 aliphatic carbocycles. The maximum absolute atomic E-state index is 12.3. The van der Waals surface area contributed by atoms with Crippen LogP contribution >= 0.6 is 0 Å². The van der Waals surface area contributed by atoms with Crippen LogP contribution in [0.15, 0.2) is 6.20 Å². The van der Waals surface area contributed by atoms with Crippen LogP contribution in [0.4, 0.5) is 0 Å². The van der Waals surface area contributed by atoms with E-state index in [0.717, 1.165) is 13.0 Å². The van der Waals surface area contributed by atoms with Crippen LogP contribution in [0, 0.1) is 5.92 Å². The Bertz CT molecular complexity index is 435. The first-order valence-electron chi connectivity index (χ1n) is 7.14. The van der Waals surface area contributed by atoms with Crippen LogP contribution in [0.25, 0.3) is 0 Å². The number of nitrogens with zero attached hydrogens (tertiary/aromatic N) is 4. The highest BCUT2D eigenvalue weighted by Gasteiger charge is 2.24. The summed E-state index contributed by atoms with van der Waals surface area (Å²) in [6.07, 6.45) is 2.68. The minimum atomic E-state index is -0.917. The zero-order valence-corrected chi connectivity index (χ0v) is 13.1. The van der Waals surface area contributed by atoms with Gasteiger partial charge in [0.2, 0.25) is 0 Å². The van der Waals surface area contributed by atoms with Crippen molar-refractivity contribution in [1.29, 1.82) is 0 Å². The van der Waals surface area contributed by atoms with Gasteiger partial charge in [-0.05, 0) is 33.1 Å². The summed E-state index contributed by atoms with van der Waals surface area (Å²) in [6.45, 7) is 11.1. The molecule has 0 spiro atoms. The van der Waals surface area contributed by atoms with E-state index in [2.05, 4.69) is 24.2 Å². The number of aliphatic hydroxyl groups is 1. The molecule has 1 rings (SSSR count). The highest BCUT2D eigenvalue weighted by atomic mass is 16.3. The second kappa shape index (κ2) is 6.83. The highest BCUT2D eigenvalue weighted by Crippen LogP contribution is 2.09. The van der Waals surface area contributed by atoms with Crippen molar-refractivity contribution in [2.24, 2.45) is 5.92 Å². The Kier molecular flexibility index (Phi) is 5.68. The first-order chi connectivity index (χ1) is 9.23. The van der Waals surface area contributed by atoms with Crippen molar-refractivity contribution in [3.63, 3.8) is 0 Å². The van der Waals surface area contributed by atoms with Crippen molar-refractivity contribution in [2.75, 3.05) is 13.1 Å². The molecular formula is C14H26N4O2. The van der Waals surface area contributed by atoms with Gasteiger partial charge >= 0.3 is 0 Å². The molecule has 1 N–H and O–H groups in total. The number of hydrogen-bond donors (Lipinski definition) is 1. The molecule has 0 aliphatic rings. The van der Waals surface area contributed by atoms with Crippen LogP contribution in [-0.2, 0) is 6.54 Å². The van der Waals surface area contributed by atoms with Crippen molar-refractivity contribution in [3.8, 4) is 0 Å². The standard InChI is InChI=1S/C14H26N4O2/c1-6-17(10-14(4,5)20)13(19)12-9-18(16-15-12)8-7-11(2)3/h9,11,20H,6-8,10H2,1-5H3. The fourth-order valence-corrected chi connectivity index (χ4v) is 1.85. The Morgan fingerprint density at radius 2 is 2.15 bits per heavy atom. The fourth-order valence-electron chi connectivity index (χ4n) is 1.85. The van der Waals surface area contributed by atoms with Crippen LogP contribution in [0.2, 0.25) is 0 Å². The van der Waals surface area contributed by atoms with Gasteiger partial charge in [0.1, 0.15) is 0 Å². The number of carbonyl (C=O) groups excluding carboxylic acids is 1. The zero-order chi connectivity index (χ0) is 15.3. The first kappa shape index (κ1) is 16.6. The molecule has 6 heteroatoms. The number of rotatable bonds is 7. The van der Waals surface area contributed by atoms with Crippen LogP contribution < -0.4 is 0 Å². The van der Waals surface area contributed by atoms with E-state index in [0.29, 0.717) is 18.2 Å². The van der Waals surface area contributed by atoms with Gasteiger partial charge in [-0.15, -0.1) is 5.10 Å². The first-order valence-corrected chi connectivity index (χ1v) is 7.14. The van der Waals surface area contributed by atoms with Gasteiger partial charge in [0.05, 0.1) is 11.8 Å². The number of hydrogen-bond acceptors (Lipinski definition) is 4. The Labute approximate surface area is 120 Å². The lowest BCUT2D eigenvalue weighted by atomic mass is 10.1. The molecule has 0 unspecified atom stereocenters. The van der Waals surface area contributed by atoms with E-state index in [1.165, 1.54) is 0 Å². The van der Waals surface area contributed by atoms with E-state index in [9.17, 15) is 9.90 Å². The molecule has 6 nitrogen and oxygen atoms in total. The third-order valence-corrected chi connectivity index (χ3v) is 2.94. The van der Waals surface area contributed by atoms with E-state index in [1.807, 2.05) is 6.92 Å². The van der Waals surface area contributed by atoms with Crippen LogP contribution in [0.5, 0.6) is 0 Å². The Hall–Kier alpha value is -1.43. The molecule has 114 valence electrons. The number of amides is 1. The van der Waals surface area contributed by atoms with Crippen molar-refractivity contribution < 1.29 is 9.90 Å². The van der Waals surface area contributed by atoms with Gasteiger partial charge in [-0.1, -0.05) is 19.1 Å². The minimum Gasteiger partial charge on any atom is -0.389 e. The van der Waals surface area contributed by atoms with Crippen LogP contribution in [0.1, 0.15) is 51.5 Å². The van der Waals surface area contributed by atoms with Gasteiger partial charge in [-0.2, -0.15) is 0 Å². The molecule has 20 heavy (non-hydrogen) atoms. The molecule has 0 aliphatic heterocycles. The van der Waals surface area contributed by atoms with Crippen molar-refractivity contribution in [3.05, 3.63) is 11.9 Å². The second-order valence-electron chi connectivity index (χ2n) is 6.18. The number of carbonyl (C=O) groups is 1. The molecule has 0 atom stereocenters. The lowest BCUT2D eigenvalue weighted by molar-refractivity contribution is 0.0311. The van der Waals surface area contributed by atoms with Crippen LogP contribution in [-0.4, -0.2) is 49.6 Å². The molecule has 0 bridgehead atoms. The third-order valence-electron chi connectivity index (χ3n) is 2.94. The lowest BCUT2D eigenvalue weighted by Gasteiger charge is -2.27. The molecule has 1 aromatic heterocycles. The number of aromatic nitrogens is 3. The summed E-state index contributed by atoms with van der Waals surface area (Å²) in [5.74, 6) is 0.395. The third kappa shape index (κ3) is 5.28. The zero-order valence-electron chi connectivity index (χ0n) is 13.1. The van der Waals surface area contributed by atoms with Gasteiger partial charge in [-0.3, -0.25) is 9.48 Å². The van der Waals surface area contributed by atoms with E-state index >= 15 is 0 Å². The Morgan fingerprint density at radius 3 is 2.65 bits per heavy atom. The SMILES string of the molecule is CCN(CC(C)(C)O)C(=O)c1cn(CCC(C)C)nn1. The summed E-state index contributed by atoms with van der Waals surface area (Å²) in [5.41, 5.74) is -0.584. The molecular weight excluding hydrogens is 256 g/mol. The fraction of sp³-hybridized carbons (Fsp3) is 0.786. The normalized spacial score (nSPS) is 11.9. The quantitative estimate of drug-likeness (QED) is 0.824. The number of likely N-dealkylation sites (N-methyl/N-ethyl adjacent to an activating group) is 1. The van der Waals surface area contributed by atoms with Crippen LogP contribution in [0.3, 0.4) is 0 Å². The monoisotopic (exact) mass is 282 g/mol. The van der Waals surface area contributed by atoms with Gasteiger partial charge in [0.25, 0.3) is 5.91 Å². The predicted octanol–water partition coefficient (Wildman–Crippen LogP) is 1.56. The van der Waals surface area contributed by atoms with Gasteiger partial charge < -0.3 is 10.0 Å². The minimum absolute atomic E-state index is 0.189. The lowest BCUT2D eigenvalue weighted by Crippen LogP contribution is -2.42. The van der Waals surface area contributed by atoms with Gasteiger partial charge in [0, 0.05) is 19.6 Å². The Balaban J connectivity index is 2.70. The van der Waals surface area contributed by atoms with Crippen molar-refractivity contribution in [2.45, 2.75) is 53.2 Å². The molecule has 1 aromatic rings. The molecule has 1 heterocycles. The van der Waals surface area contributed by atoms with E-state index in [4.69, 9.17) is 0 Å². The van der Waals surface area contributed by atoms with E-state index < -0.39 is 5.60 Å². The van der Waals surface area contributed by atoms with Crippen molar-refractivity contribution in [1.82, 2.24) is 19.9 Å². The largest absolute Gasteiger partial charge is 0.389 e. The smallest absolute Gasteiger partial charge is 0.276 e. The number of aryl methyl sites for hydroxylation is 1. The second-order valence-corrected chi connectivity index (χ2v) is 6.18. The molecule has 0 radical (unpaired) electrons. The maximum Gasteiger partial charge on any atom is 0.276 e. The molecule has 0 aromatic carbocycles. The average molecular weight is 282 g/mol. The van der Waals surface area contributed by atoms with Gasteiger partial charge in [-0.25, -0.2) is 0 Å². The van der Waals surface area contributed by atoms with E-state index in [-0.39, 0.29) is 12.5 Å². The summed E-state index contributed by atoms with van der Waals surface area (Å²) < 4.78 is 1.70. The topological polar surface area (TPSA) is 71.2 Å². The average Bonchev–Trinajstić information content (AvgIpc) is 2.80. The summed E-state index contributed by atoms with van der Waals surface area (Å²) in [6, 6.07) is 0. The predicted molar refractivity (Wildman–Crippen MR) is 77.4 cm³/mol. The summed E-state index contributed by atoms with van der Waals surface area (Å²) in [5, 5.41) is 17.7. The van der Waals surface area contributed by atoms with Crippen molar-refractivity contribution >= 4 is 5.91 Å². The Morgan fingerprint density at radius 1 is 1.50 bits per heavy atom. The molecule has 1 amide bonds. The maximum atomic E-state index is 12.3. The van der Waals surface area contributed by atoms with E-state index in [1.54, 1.807) is 29.6 Å².